The van der Waals surface area contributed by atoms with Crippen molar-refractivity contribution in [3.05, 3.63) is 24.2 Å². The van der Waals surface area contributed by atoms with Crippen molar-refractivity contribution in [1.29, 1.82) is 0 Å². The summed E-state index contributed by atoms with van der Waals surface area (Å²) in [4.78, 5) is 26.2. The molecule has 40 heavy (non-hydrogen) atoms. The van der Waals surface area contributed by atoms with Crippen molar-refractivity contribution < 1.29 is 53.0 Å². The van der Waals surface area contributed by atoms with E-state index < -0.39 is 86.7 Å². The number of hydrogen-bond acceptors (Lipinski definition) is 11. The van der Waals surface area contributed by atoms with Crippen LogP contribution in [0.1, 0.15) is 71.5 Å². The summed E-state index contributed by atoms with van der Waals surface area (Å²) in [5.74, 6) is -3.86. The molecule has 11 heteroatoms. The van der Waals surface area contributed by atoms with Crippen LogP contribution in [-0.2, 0) is 33.3 Å². The Morgan fingerprint density at radius 2 is 1.77 bits per heavy atom. The van der Waals surface area contributed by atoms with E-state index in [0.717, 1.165) is 0 Å². The average molecular weight is 561 g/mol. The Hall–Kier alpha value is -2.02. The Bertz CT molecular complexity index is 1350. The predicted molar refractivity (Wildman–Crippen MR) is 131 cm³/mol. The van der Waals surface area contributed by atoms with Crippen molar-refractivity contribution in [3.8, 4) is 0 Å². The lowest BCUT2D eigenvalue weighted by atomic mass is 9.33. The number of furan rings is 1. The number of carbonyl (C=O) groups excluding carboxylic acids is 2. The molecule has 3 aliphatic heterocycles. The molecule has 4 heterocycles. The largest absolute Gasteiger partial charge is 0.472 e. The molecule has 0 aromatic carbocycles. The maximum absolute atomic E-state index is 13.3. The minimum absolute atomic E-state index is 0.0443. The quantitative estimate of drug-likeness (QED) is 0.463. The second-order valence-electron chi connectivity index (χ2n) is 14.2. The van der Waals surface area contributed by atoms with Gasteiger partial charge in [0.25, 0.3) is 5.97 Å². The van der Waals surface area contributed by atoms with Crippen LogP contribution in [0.5, 0.6) is 0 Å². The zero-order valence-electron chi connectivity index (χ0n) is 23.3. The first-order chi connectivity index (χ1) is 18.7. The molecular formula is C29H36O11. The molecule has 0 amide bonds. The molecule has 1 aromatic heterocycles. The van der Waals surface area contributed by atoms with Gasteiger partial charge in [-0.25, -0.2) is 0 Å². The smallest absolute Gasteiger partial charge is 0.306 e. The number of esters is 2. The van der Waals surface area contributed by atoms with Gasteiger partial charge < -0.3 is 43.4 Å². The molecule has 4 aliphatic carbocycles. The van der Waals surface area contributed by atoms with Crippen LogP contribution in [0.4, 0.5) is 0 Å². The van der Waals surface area contributed by atoms with E-state index in [0.29, 0.717) is 18.4 Å². The summed E-state index contributed by atoms with van der Waals surface area (Å²) in [6.07, 6.45) is 0.190. The standard InChI is InChI=1S/C29H36O11/c1-22-7-8-26-24(3)15(10-17(30)35-5)23(2)13-27(24)28(34,20(23)32)21(33)29(26,40-25(4,38-26)39-27)16(22)11-18(31)37-19(22)14-6-9-36-12-14/h6,9,12,15-16,19-21,32-34H,7-8,10-11,13H2,1-5H3/t15-,16+,19-,20-,21+,22+,23+,24-,25+,26-,27+,28-,29+/m0/s1. The molecule has 13 atom stereocenters. The summed E-state index contributed by atoms with van der Waals surface area (Å²) in [5.41, 5.74) is -8.80. The van der Waals surface area contributed by atoms with Gasteiger partial charge in [0.05, 0.1) is 32.2 Å². The molecule has 4 bridgehead atoms. The Morgan fingerprint density at radius 1 is 1.05 bits per heavy atom. The van der Waals surface area contributed by atoms with Crippen molar-refractivity contribution in [2.45, 2.75) is 106 Å². The Morgan fingerprint density at radius 3 is 2.45 bits per heavy atom. The first-order valence-electron chi connectivity index (χ1n) is 14.1. The summed E-state index contributed by atoms with van der Waals surface area (Å²) in [6, 6.07) is 1.75. The van der Waals surface area contributed by atoms with Crippen molar-refractivity contribution >= 4 is 11.9 Å². The van der Waals surface area contributed by atoms with Crippen LogP contribution in [0.2, 0.25) is 0 Å². The minimum atomic E-state index is -2.17. The first-order valence-corrected chi connectivity index (χ1v) is 14.1. The minimum Gasteiger partial charge on any atom is -0.472 e. The molecule has 0 radical (unpaired) electrons. The number of rotatable bonds is 3. The van der Waals surface area contributed by atoms with E-state index >= 15 is 0 Å². The van der Waals surface area contributed by atoms with Gasteiger partial charge in [0.2, 0.25) is 0 Å². The van der Waals surface area contributed by atoms with Gasteiger partial charge in [0.1, 0.15) is 34.6 Å². The number of aliphatic hydroxyl groups is 3. The number of carbonyl (C=O) groups is 2. The van der Waals surface area contributed by atoms with E-state index in [9.17, 15) is 24.9 Å². The SMILES string of the molecule is COC(=O)C[C@H]1[C@@]2(C)C[C@@]34O[C@]5(C)O[C@]6([C@@H]7CC(=O)O[C@@H](c8ccoc8)[C@]7(C)CC[C@]6(O5)[C@]13C)[C@H](O)[C@@]4(O)[C@H]2O. The third-order valence-corrected chi connectivity index (χ3v) is 13.0. The van der Waals surface area contributed by atoms with Gasteiger partial charge in [-0.05, 0) is 31.2 Å². The third kappa shape index (κ3) is 2.12. The molecule has 11 nitrogen and oxygen atoms in total. The second kappa shape index (κ2) is 6.79. The molecule has 2 spiro atoms. The fraction of sp³-hybridized carbons (Fsp3) is 0.793. The van der Waals surface area contributed by atoms with E-state index in [-0.39, 0.29) is 19.3 Å². The molecule has 7 fully saturated rings. The Kier molecular flexibility index (Phi) is 4.36. The highest BCUT2D eigenvalue weighted by Crippen LogP contribution is 2.89. The number of aliphatic hydroxyl groups excluding tert-OH is 2. The fourth-order valence-corrected chi connectivity index (χ4v) is 11.7. The molecule has 7 aliphatic rings. The topological polar surface area (TPSA) is 154 Å². The number of methoxy groups -OCH3 is 1. The van der Waals surface area contributed by atoms with Gasteiger partial charge in [-0.1, -0.05) is 20.8 Å². The van der Waals surface area contributed by atoms with Crippen molar-refractivity contribution in [2.75, 3.05) is 7.11 Å². The summed E-state index contributed by atoms with van der Waals surface area (Å²) in [6.45, 7) is 7.41. The van der Waals surface area contributed by atoms with Crippen LogP contribution in [0, 0.1) is 28.1 Å². The summed E-state index contributed by atoms with van der Waals surface area (Å²) in [7, 11) is 1.32. The number of hydrogen-bond donors (Lipinski definition) is 3. The highest BCUT2D eigenvalue weighted by atomic mass is 16.9. The second-order valence-corrected chi connectivity index (χ2v) is 14.2. The molecule has 4 saturated carbocycles. The van der Waals surface area contributed by atoms with E-state index in [1.54, 1.807) is 19.3 Å². The Balaban J connectivity index is 1.42. The third-order valence-electron chi connectivity index (χ3n) is 13.0. The van der Waals surface area contributed by atoms with Crippen LogP contribution in [0.25, 0.3) is 0 Å². The monoisotopic (exact) mass is 560 g/mol. The number of ether oxygens (including phenoxy) is 5. The van der Waals surface area contributed by atoms with E-state index in [2.05, 4.69) is 0 Å². The van der Waals surface area contributed by atoms with Crippen molar-refractivity contribution in [1.82, 2.24) is 0 Å². The van der Waals surface area contributed by atoms with Gasteiger partial charge in [0, 0.05) is 41.1 Å². The van der Waals surface area contributed by atoms with Crippen LogP contribution >= 0.6 is 0 Å². The van der Waals surface area contributed by atoms with Gasteiger partial charge in [-0.15, -0.1) is 0 Å². The molecule has 3 saturated heterocycles. The lowest BCUT2D eigenvalue weighted by Crippen LogP contribution is -2.93. The molecule has 218 valence electrons. The average Bonchev–Trinajstić information content (AvgIpc) is 3.59. The first kappa shape index (κ1) is 25.7. The van der Waals surface area contributed by atoms with E-state index in [1.165, 1.54) is 13.4 Å². The van der Waals surface area contributed by atoms with Crippen LogP contribution in [0.3, 0.4) is 0 Å². The lowest BCUT2D eigenvalue weighted by Gasteiger charge is -2.76. The summed E-state index contributed by atoms with van der Waals surface area (Å²) in [5, 5.41) is 37.2. The van der Waals surface area contributed by atoms with Crippen LogP contribution in [0.15, 0.2) is 23.0 Å². The predicted octanol–water partition coefficient (Wildman–Crippen LogP) is 1.73. The normalized spacial score (nSPS) is 60.3. The van der Waals surface area contributed by atoms with Gasteiger partial charge in [-0.2, -0.15) is 0 Å². The fourth-order valence-electron chi connectivity index (χ4n) is 11.7. The molecule has 8 rings (SSSR count). The number of cyclic esters (lactones) is 1. The maximum atomic E-state index is 13.3. The van der Waals surface area contributed by atoms with E-state index in [4.69, 9.17) is 28.1 Å². The van der Waals surface area contributed by atoms with Crippen LogP contribution in [-0.4, -0.2) is 75.0 Å². The molecule has 3 N–H and O–H groups in total. The van der Waals surface area contributed by atoms with Crippen molar-refractivity contribution in [2.24, 2.45) is 28.1 Å². The van der Waals surface area contributed by atoms with Crippen LogP contribution < -0.4 is 0 Å². The van der Waals surface area contributed by atoms with Gasteiger partial charge >= 0.3 is 11.9 Å². The number of fused-ring (bicyclic) bond motifs is 3. The zero-order chi connectivity index (χ0) is 28.5. The summed E-state index contributed by atoms with van der Waals surface area (Å²) >= 11 is 0. The highest BCUT2D eigenvalue weighted by Gasteiger charge is 3.02. The summed E-state index contributed by atoms with van der Waals surface area (Å²) < 4.78 is 36.7. The molecule has 0 unspecified atom stereocenters. The van der Waals surface area contributed by atoms with Crippen molar-refractivity contribution in [3.63, 3.8) is 0 Å². The molecular weight excluding hydrogens is 524 g/mol. The molecule has 1 aromatic rings. The van der Waals surface area contributed by atoms with Gasteiger partial charge in [-0.3, -0.25) is 9.59 Å². The maximum Gasteiger partial charge on any atom is 0.306 e. The Labute approximate surface area is 231 Å². The highest BCUT2D eigenvalue weighted by molar-refractivity contribution is 5.73. The lowest BCUT2D eigenvalue weighted by molar-refractivity contribution is -0.478. The zero-order valence-corrected chi connectivity index (χ0v) is 23.3. The van der Waals surface area contributed by atoms with Gasteiger partial charge in [0.15, 0.2) is 0 Å². The van der Waals surface area contributed by atoms with E-state index in [1.807, 2.05) is 20.8 Å².